The minimum absolute atomic E-state index is 0.108. The highest BCUT2D eigenvalue weighted by atomic mass is 16.5. The molecule has 0 bridgehead atoms. The minimum Gasteiger partial charge on any atom is -0.483 e. The van der Waals surface area contributed by atoms with Gasteiger partial charge in [0.1, 0.15) is 18.4 Å². The van der Waals surface area contributed by atoms with Gasteiger partial charge in [-0.2, -0.15) is 5.10 Å². The molecule has 1 fully saturated rings. The third-order valence-electron chi connectivity index (χ3n) is 6.60. The normalized spacial score (nSPS) is 20.2. The van der Waals surface area contributed by atoms with Gasteiger partial charge in [-0.25, -0.2) is 5.43 Å². The SMILES string of the molecule is C[C@@H]1C(=O)NN=C2COc3cc(-c4cccc5ccccc45)c(NC4CCC4)cc3N21. The smallest absolute Gasteiger partial charge is 0.262 e. The number of carbonyl (C=O) groups excluding carboxylic acids is 1. The standard InChI is InChI=1S/C25H24N4O2/c1-15-25(30)28-27-24-14-31-23-12-20(19-11-4-7-16-6-2-3-10-18(16)19)21(13-22(23)29(15)24)26-17-8-5-9-17/h2-4,6-7,10-13,15,17,26H,5,8-9,14H2,1H3,(H,28,30)/t15-/m1/s1. The lowest BCUT2D eigenvalue weighted by atomic mass is 9.91. The highest BCUT2D eigenvalue weighted by Gasteiger charge is 2.36. The van der Waals surface area contributed by atoms with E-state index in [9.17, 15) is 4.79 Å². The van der Waals surface area contributed by atoms with Crippen LogP contribution in [0.3, 0.4) is 0 Å². The van der Waals surface area contributed by atoms with Crippen molar-refractivity contribution in [2.75, 3.05) is 16.8 Å². The van der Waals surface area contributed by atoms with Crippen LogP contribution in [0.2, 0.25) is 0 Å². The zero-order chi connectivity index (χ0) is 20.9. The first-order valence-electron chi connectivity index (χ1n) is 10.9. The van der Waals surface area contributed by atoms with E-state index in [1.807, 2.05) is 11.8 Å². The summed E-state index contributed by atoms with van der Waals surface area (Å²) in [5.41, 5.74) is 6.85. The van der Waals surface area contributed by atoms with Crippen LogP contribution in [0.25, 0.3) is 21.9 Å². The van der Waals surface area contributed by atoms with Crippen LogP contribution >= 0.6 is 0 Å². The first-order valence-corrected chi connectivity index (χ1v) is 10.9. The van der Waals surface area contributed by atoms with Crippen LogP contribution in [-0.2, 0) is 4.79 Å². The molecule has 1 aliphatic carbocycles. The van der Waals surface area contributed by atoms with Gasteiger partial charge in [-0.1, -0.05) is 42.5 Å². The molecule has 3 aromatic rings. The van der Waals surface area contributed by atoms with Crippen molar-refractivity contribution in [1.82, 2.24) is 5.43 Å². The van der Waals surface area contributed by atoms with Gasteiger partial charge in [-0.05, 0) is 54.7 Å². The Hall–Kier alpha value is -3.54. The van der Waals surface area contributed by atoms with E-state index in [2.05, 4.69) is 70.4 Å². The fraction of sp³-hybridized carbons (Fsp3) is 0.280. The third-order valence-corrected chi connectivity index (χ3v) is 6.60. The Bertz CT molecular complexity index is 1230. The number of anilines is 2. The Labute approximate surface area is 180 Å². The fourth-order valence-corrected chi connectivity index (χ4v) is 4.65. The Morgan fingerprint density at radius 2 is 1.94 bits per heavy atom. The van der Waals surface area contributed by atoms with Gasteiger partial charge in [0.25, 0.3) is 5.91 Å². The third kappa shape index (κ3) is 2.93. The Morgan fingerprint density at radius 3 is 2.77 bits per heavy atom. The van der Waals surface area contributed by atoms with Crippen molar-refractivity contribution in [2.24, 2.45) is 5.10 Å². The van der Waals surface area contributed by atoms with Gasteiger partial charge >= 0.3 is 0 Å². The molecule has 2 aliphatic heterocycles. The summed E-state index contributed by atoms with van der Waals surface area (Å²) < 4.78 is 6.10. The lowest BCUT2D eigenvalue weighted by molar-refractivity contribution is -0.122. The van der Waals surface area contributed by atoms with Gasteiger partial charge in [-0.15, -0.1) is 0 Å². The van der Waals surface area contributed by atoms with E-state index in [-0.39, 0.29) is 11.9 Å². The quantitative estimate of drug-likeness (QED) is 0.665. The monoisotopic (exact) mass is 412 g/mol. The Kier molecular flexibility index (Phi) is 4.13. The van der Waals surface area contributed by atoms with Crippen LogP contribution in [0.1, 0.15) is 26.2 Å². The average Bonchev–Trinajstić information content (AvgIpc) is 2.77. The average molecular weight is 412 g/mol. The van der Waals surface area contributed by atoms with E-state index in [0.29, 0.717) is 12.6 Å². The lowest BCUT2D eigenvalue weighted by Crippen LogP contribution is -2.55. The topological polar surface area (TPSA) is 66.0 Å². The second-order valence-corrected chi connectivity index (χ2v) is 8.50. The molecule has 156 valence electrons. The molecule has 0 spiro atoms. The molecule has 0 unspecified atom stereocenters. The minimum atomic E-state index is -0.338. The zero-order valence-corrected chi connectivity index (χ0v) is 17.4. The number of hydrazone groups is 1. The highest BCUT2D eigenvalue weighted by Crippen LogP contribution is 2.44. The number of carbonyl (C=O) groups is 1. The number of amidine groups is 1. The predicted octanol–water partition coefficient (Wildman–Crippen LogP) is 4.50. The molecule has 1 amide bonds. The molecule has 0 aromatic heterocycles. The van der Waals surface area contributed by atoms with Gasteiger partial charge in [-0.3, -0.25) is 4.79 Å². The molecule has 1 atom stereocenters. The summed E-state index contributed by atoms with van der Waals surface area (Å²) in [5.74, 6) is 1.40. The van der Waals surface area contributed by atoms with Crippen LogP contribution in [0.15, 0.2) is 59.7 Å². The van der Waals surface area contributed by atoms with Crippen LogP contribution in [-0.4, -0.2) is 30.4 Å². The molecule has 2 N–H and O–H groups in total. The van der Waals surface area contributed by atoms with Crippen LogP contribution in [0.5, 0.6) is 5.75 Å². The maximum absolute atomic E-state index is 12.3. The van der Waals surface area contributed by atoms with Gasteiger partial charge < -0.3 is 15.0 Å². The van der Waals surface area contributed by atoms with E-state index in [4.69, 9.17) is 4.74 Å². The molecule has 3 aliphatic rings. The first-order chi connectivity index (χ1) is 15.2. The number of hydrogen-bond acceptors (Lipinski definition) is 5. The molecule has 1 saturated carbocycles. The summed E-state index contributed by atoms with van der Waals surface area (Å²) in [6, 6.07) is 19.3. The van der Waals surface area contributed by atoms with Gasteiger partial charge in [0.2, 0.25) is 0 Å². The summed E-state index contributed by atoms with van der Waals surface area (Å²) in [5, 5.41) is 10.4. The first kappa shape index (κ1) is 18.2. The summed E-state index contributed by atoms with van der Waals surface area (Å²) in [6.45, 7) is 2.23. The van der Waals surface area contributed by atoms with Gasteiger partial charge in [0.15, 0.2) is 5.84 Å². The van der Waals surface area contributed by atoms with E-state index >= 15 is 0 Å². The number of rotatable bonds is 3. The van der Waals surface area contributed by atoms with Crippen molar-refractivity contribution < 1.29 is 9.53 Å². The molecule has 6 nitrogen and oxygen atoms in total. The number of benzene rings is 3. The number of nitrogens with one attached hydrogen (secondary N) is 2. The summed E-state index contributed by atoms with van der Waals surface area (Å²) in [4.78, 5) is 14.3. The van der Waals surface area contributed by atoms with E-state index < -0.39 is 0 Å². The van der Waals surface area contributed by atoms with Crippen molar-refractivity contribution in [2.45, 2.75) is 38.3 Å². The van der Waals surface area contributed by atoms with E-state index in [1.165, 1.54) is 35.6 Å². The Balaban J connectivity index is 1.54. The molecule has 2 heterocycles. The predicted molar refractivity (Wildman–Crippen MR) is 124 cm³/mol. The number of fused-ring (bicyclic) bond motifs is 4. The van der Waals surface area contributed by atoms with Gasteiger partial charge in [0, 0.05) is 17.3 Å². The molecule has 31 heavy (non-hydrogen) atoms. The molecule has 6 rings (SSSR count). The van der Waals surface area contributed by atoms with E-state index in [1.54, 1.807) is 0 Å². The summed E-state index contributed by atoms with van der Waals surface area (Å²) >= 11 is 0. The molecule has 0 radical (unpaired) electrons. The second-order valence-electron chi connectivity index (χ2n) is 8.50. The zero-order valence-electron chi connectivity index (χ0n) is 17.4. The molecular formula is C25H24N4O2. The highest BCUT2D eigenvalue weighted by molar-refractivity contribution is 6.10. The van der Waals surface area contributed by atoms with Crippen LogP contribution < -0.4 is 20.4 Å². The molecular weight excluding hydrogens is 388 g/mol. The lowest BCUT2D eigenvalue weighted by Gasteiger charge is -2.39. The van der Waals surface area contributed by atoms with Crippen molar-refractivity contribution in [1.29, 1.82) is 0 Å². The molecule has 6 heteroatoms. The molecule has 3 aromatic carbocycles. The van der Waals surface area contributed by atoms with Gasteiger partial charge in [0.05, 0.1) is 5.69 Å². The largest absolute Gasteiger partial charge is 0.483 e. The van der Waals surface area contributed by atoms with Crippen molar-refractivity contribution >= 4 is 33.9 Å². The van der Waals surface area contributed by atoms with Crippen LogP contribution in [0, 0.1) is 0 Å². The van der Waals surface area contributed by atoms with E-state index in [0.717, 1.165) is 28.5 Å². The van der Waals surface area contributed by atoms with Crippen molar-refractivity contribution in [3.8, 4) is 16.9 Å². The summed E-state index contributed by atoms with van der Waals surface area (Å²) in [7, 11) is 0. The maximum Gasteiger partial charge on any atom is 0.262 e. The Morgan fingerprint density at radius 1 is 1.10 bits per heavy atom. The second kappa shape index (κ2) is 7.01. The summed E-state index contributed by atoms with van der Waals surface area (Å²) in [6.07, 6.45) is 3.62. The van der Waals surface area contributed by atoms with Crippen molar-refractivity contribution in [3.05, 3.63) is 54.6 Å². The fourth-order valence-electron chi connectivity index (χ4n) is 4.65. The number of amides is 1. The maximum atomic E-state index is 12.3. The number of ether oxygens (including phenoxy) is 1. The molecule has 0 saturated heterocycles. The van der Waals surface area contributed by atoms with Crippen LogP contribution in [0.4, 0.5) is 11.4 Å². The van der Waals surface area contributed by atoms with Crippen molar-refractivity contribution in [3.63, 3.8) is 0 Å². The number of hydrogen-bond donors (Lipinski definition) is 2. The number of nitrogens with zero attached hydrogens (tertiary/aromatic N) is 2.